The molecule has 22 heavy (non-hydrogen) atoms. The van der Waals surface area contributed by atoms with Crippen molar-refractivity contribution in [3.05, 3.63) is 50.9 Å². The molecular formula is C17H17ClN2O2. The third-order valence-corrected chi connectivity index (χ3v) is 3.50. The monoisotopic (exact) mass is 316 g/mol. The Bertz CT molecular complexity index is 775. The SMILES string of the molecule is CCCCOc1ccc(Cl)cc1-c1cc(C)[nH]c(=O)c1C#N. The zero-order valence-electron chi connectivity index (χ0n) is 12.6. The maximum atomic E-state index is 12.0. The maximum Gasteiger partial charge on any atom is 0.266 e. The number of aryl methyl sites for hydroxylation is 1. The molecule has 0 fully saturated rings. The van der Waals surface area contributed by atoms with Gasteiger partial charge in [-0.1, -0.05) is 24.9 Å². The number of unbranched alkanes of at least 4 members (excludes halogenated alkanes) is 1. The van der Waals surface area contributed by atoms with Crippen molar-refractivity contribution < 1.29 is 4.74 Å². The number of pyridine rings is 1. The van der Waals surface area contributed by atoms with Crippen LogP contribution in [0.4, 0.5) is 0 Å². The summed E-state index contributed by atoms with van der Waals surface area (Å²) in [4.78, 5) is 14.6. The summed E-state index contributed by atoms with van der Waals surface area (Å²) < 4.78 is 5.79. The fourth-order valence-corrected chi connectivity index (χ4v) is 2.35. The molecule has 0 amide bonds. The molecule has 0 spiro atoms. The molecule has 2 rings (SSSR count). The van der Waals surface area contributed by atoms with Gasteiger partial charge in [0.2, 0.25) is 0 Å². The van der Waals surface area contributed by atoms with Gasteiger partial charge >= 0.3 is 0 Å². The van der Waals surface area contributed by atoms with E-state index in [1.54, 1.807) is 31.2 Å². The summed E-state index contributed by atoms with van der Waals surface area (Å²) in [7, 11) is 0. The molecule has 0 aliphatic rings. The van der Waals surface area contributed by atoms with E-state index < -0.39 is 5.56 Å². The van der Waals surface area contributed by atoms with Crippen LogP contribution in [0.3, 0.4) is 0 Å². The second-order valence-electron chi connectivity index (χ2n) is 5.02. The van der Waals surface area contributed by atoms with Crippen LogP contribution in [0, 0.1) is 18.3 Å². The van der Waals surface area contributed by atoms with Crippen LogP contribution in [0.5, 0.6) is 5.75 Å². The number of rotatable bonds is 5. The minimum absolute atomic E-state index is 0.0632. The molecule has 0 unspecified atom stereocenters. The quantitative estimate of drug-likeness (QED) is 0.846. The molecule has 0 saturated heterocycles. The van der Waals surface area contributed by atoms with Crippen molar-refractivity contribution in [2.75, 3.05) is 6.61 Å². The number of nitriles is 1. The Morgan fingerprint density at radius 2 is 2.09 bits per heavy atom. The van der Waals surface area contributed by atoms with Crippen LogP contribution in [0.15, 0.2) is 29.1 Å². The summed E-state index contributed by atoms with van der Waals surface area (Å²) in [5, 5.41) is 9.81. The maximum absolute atomic E-state index is 12.0. The highest BCUT2D eigenvalue weighted by Gasteiger charge is 2.15. The number of H-pyrrole nitrogens is 1. The van der Waals surface area contributed by atoms with E-state index in [9.17, 15) is 10.1 Å². The molecule has 5 heteroatoms. The average Bonchev–Trinajstić information content (AvgIpc) is 2.48. The van der Waals surface area contributed by atoms with Crippen molar-refractivity contribution >= 4 is 11.6 Å². The van der Waals surface area contributed by atoms with E-state index in [1.807, 2.05) is 6.07 Å². The van der Waals surface area contributed by atoms with Gasteiger partial charge in [-0.25, -0.2) is 0 Å². The summed E-state index contributed by atoms with van der Waals surface area (Å²) in [5.41, 5.74) is 1.54. The summed E-state index contributed by atoms with van der Waals surface area (Å²) in [6.45, 7) is 4.43. The van der Waals surface area contributed by atoms with Crippen LogP contribution in [0.25, 0.3) is 11.1 Å². The normalized spacial score (nSPS) is 10.3. The Balaban J connectivity index is 2.59. The van der Waals surface area contributed by atoms with Crippen molar-refractivity contribution in [1.29, 1.82) is 5.26 Å². The minimum atomic E-state index is -0.406. The van der Waals surface area contributed by atoms with E-state index in [1.165, 1.54) is 0 Å². The smallest absolute Gasteiger partial charge is 0.266 e. The molecule has 0 aliphatic heterocycles. The lowest BCUT2D eigenvalue weighted by molar-refractivity contribution is 0.310. The third-order valence-electron chi connectivity index (χ3n) is 3.27. The van der Waals surface area contributed by atoms with E-state index in [-0.39, 0.29) is 5.56 Å². The van der Waals surface area contributed by atoms with Crippen molar-refractivity contribution in [2.24, 2.45) is 0 Å². The zero-order chi connectivity index (χ0) is 16.1. The standard InChI is InChI=1S/C17H17ClN2O2/c1-3-4-7-22-16-6-5-12(18)9-14(16)13-8-11(2)20-17(21)15(13)10-19/h5-6,8-9H,3-4,7H2,1-2H3,(H,20,21). The first-order valence-corrected chi connectivity index (χ1v) is 7.51. The number of hydrogen-bond acceptors (Lipinski definition) is 3. The van der Waals surface area contributed by atoms with Gasteiger partial charge in [-0.2, -0.15) is 5.26 Å². The number of ether oxygens (including phenoxy) is 1. The highest BCUT2D eigenvalue weighted by Crippen LogP contribution is 2.34. The summed E-state index contributed by atoms with van der Waals surface area (Å²) >= 11 is 6.08. The zero-order valence-corrected chi connectivity index (χ0v) is 13.3. The largest absolute Gasteiger partial charge is 0.493 e. The van der Waals surface area contributed by atoms with Crippen LogP contribution in [0.2, 0.25) is 5.02 Å². The van der Waals surface area contributed by atoms with Crippen LogP contribution in [0.1, 0.15) is 31.0 Å². The van der Waals surface area contributed by atoms with Gasteiger partial charge in [-0.15, -0.1) is 0 Å². The predicted molar refractivity (Wildman–Crippen MR) is 87.4 cm³/mol. The van der Waals surface area contributed by atoms with Gasteiger partial charge in [0.1, 0.15) is 17.4 Å². The molecule has 1 N–H and O–H groups in total. The number of hydrogen-bond donors (Lipinski definition) is 1. The molecule has 0 radical (unpaired) electrons. The number of benzene rings is 1. The summed E-state index contributed by atoms with van der Waals surface area (Å²) in [5.74, 6) is 0.624. The first-order valence-electron chi connectivity index (χ1n) is 7.13. The van der Waals surface area contributed by atoms with Gasteiger partial charge in [-0.05, 0) is 37.6 Å². The number of aromatic amines is 1. The van der Waals surface area contributed by atoms with E-state index in [2.05, 4.69) is 11.9 Å². The van der Waals surface area contributed by atoms with Crippen LogP contribution in [-0.4, -0.2) is 11.6 Å². The number of nitrogens with zero attached hydrogens (tertiary/aromatic N) is 1. The molecule has 1 heterocycles. The van der Waals surface area contributed by atoms with Gasteiger partial charge in [0.25, 0.3) is 5.56 Å². The predicted octanol–water partition coefficient (Wildman–Crippen LogP) is 4.05. The lowest BCUT2D eigenvalue weighted by Gasteiger charge is -2.13. The minimum Gasteiger partial charge on any atom is -0.493 e. The number of nitrogens with one attached hydrogen (secondary N) is 1. The first-order chi connectivity index (χ1) is 10.6. The fraction of sp³-hybridized carbons (Fsp3) is 0.294. The van der Waals surface area contributed by atoms with Gasteiger partial charge in [0, 0.05) is 21.8 Å². The summed E-state index contributed by atoms with van der Waals surface area (Å²) in [6.07, 6.45) is 1.96. The fourth-order valence-electron chi connectivity index (χ4n) is 2.18. The Labute approximate surface area is 134 Å². The van der Waals surface area contributed by atoms with Gasteiger partial charge in [-0.3, -0.25) is 4.79 Å². The lowest BCUT2D eigenvalue weighted by atomic mass is 10.00. The van der Waals surface area contributed by atoms with E-state index in [4.69, 9.17) is 16.3 Å². The molecule has 0 saturated carbocycles. The lowest BCUT2D eigenvalue weighted by Crippen LogP contribution is -2.13. The molecule has 1 aromatic heterocycles. The molecular weight excluding hydrogens is 300 g/mol. The van der Waals surface area contributed by atoms with E-state index in [0.717, 1.165) is 12.8 Å². The Kier molecular flexibility index (Phi) is 5.24. The molecule has 2 aromatic rings. The van der Waals surface area contributed by atoms with E-state index >= 15 is 0 Å². The van der Waals surface area contributed by atoms with Gasteiger partial charge in [0.15, 0.2) is 0 Å². The number of halogens is 1. The summed E-state index contributed by atoms with van der Waals surface area (Å²) in [6, 6.07) is 8.95. The van der Waals surface area contributed by atoms with Crippen molar-refractivity contribution in [1.82, 2.24) is 4.98 Å². The number of aromatic nitrogens is 1. The van der Waals surface area contributed by atoms with Crippen molar-refractivity contribution in [3.63, 3.8) is 0 Å². The second kappa shape index (κ2) is 7.15. The Hall–Kier alpha value is -2.25. The first kappa shape index (κ1) is 16.1. The van der Waals surface area contributed by atoms with Crippen molar-refractivity contribution in [2.45, 2.75) is 26.7 Å². The molecule has 114 valence electrons. The Morgan fingerprint density at radius 3 is 2.77 bits per heavy atom. The van der Waals surface area contributed by atoms with E-state index in [0.29, 0.717) is 34.2 Å². The van der Waals surface area contributed by atoms with Crippen LogP contribution < -0.4 is 10.3 Å². The highest BCUT2D eigenvalue weighted by molar-refractivity contribution is 6.31. The molecule has 0 bridgehead atoms. The second-order valence-corrected chi connectivity index (χ2v) is 5.46. The highest BCUT2D eigenvalue weighted by atomic mass is 35.5. The topological polar surface area (TPSA) is 65.9 Å². The average molecular weight is 317 g/mol. The van der Waals surface area contributed by atoms with Crippen LogP contribution in [-0.2, 0) is 0 Å². The van der Waals surface area contributed by atoms with Crippen molar-refractivity contribution in [3.8, 4) is 22.9 Å². The van der Waals surface area contributed by atoms with Crippen LogP contribution >= 0.6 is 11.6 Å². The molecule has 0 atom stereocenters. The Morgan fingerprint density at radius 1 is 1.32 bits per heavy atom. The molecule has 1 aromatic carbocycles. The van der Waals surface area contributed by atoms with Gasteiger partial charge < -0.3 is 9.72 Å². The molecule has 4 nitrogen and oxygen atoms in total. The molecule has 0 aliphatic carbocycles. The third kappa shape index (κ3) is 3.49. The van der Waals surface area contributed by atoms with Gasteiger partial charge in [0.05, 0.1) is 6.61 Å².